The van der Waals surface area contributed by atoms with Crippen LogP contribution in [0, 0.1) is 0 Å². The molecule has 0 amide bonds. The van der Waals surface area contributed by atoms with Gasteiger partial charge in [-0.15, -0.1) is 0 Å². The summed E-state index contributed by atoms with van der Waals surface area (Å²) in [5.74, 6) is 0.0251. The number of aromatic nitrogens is 2. The van der Waals surface area contributed by atoms with E-state index in [0.717, 1.165) is 17.1 Å². The zero-order valence-corrected chi connectivity index (χ0v) is 9.19. The second kappa shape index (κ2) is 4.28. The number of carboxylic acids is 1. The van der Waals surface area contributed by atoms with Crippen molar-refractivity contribution in [2.24, 2.45) is 0 Å². The second-order valence-electron chi connectivity index (χ2n) is 2.96. The quantitative estimate of drug-likeness (QED) is 0.881. The number of rotatable bonds is 3. The van der Waals surface area contributed by atoms with Gasteiger partial charge in [0, 0.05) is 5.56 Å². The van der Waals surface area contributed by atoms with Crippen LogP contribution in [0.25, 0.3) is 11.4 Å². The van der Waals surface area contributed by atoms with Gasteiger partial charge in [0.15, 0.2) is 5.82 Å². The van der Waals surface area contributed by atoms with E-state index in [0.29, 0.717) is 11.6 Å². The van der Waals surface area contributed by atoms with Crippen LogP contribution in [0.15, 0.2) is 24.3 Å². The minimum atomic E-state index is -1.06. The van der Waals surface area contributed by atoms with Gasteiger partial charge in [0.2, 0.25) is 5.01 Å². The molecule has 0 atom stereocenters. The molecular weight excluding hydrogens is 228 g/mol. The van der Waals surface area contributed by atoms with Crippen molar-refractivity contribution in [2.45, 2.75) is 0 Å². The zero-order chi connectivity index (χ0) is 11.5. The number of carboxylic acid groups (broad SMARTS) is 1. The molecule has 1 aromatic heterocycles. The molecule has 1 aromatic carbocycles. The molecule has 0 aliphatic heterocycles. The summed E-state index contributed by atoms with van der Waals surface area (Å²) < 4.78 is 9.04. The standard InChI is InChI=1S/C10H8N2O3S/c1-15-7-4-2-3-6(5-7)8-11-9(10(13)14)16-12-8/h2-5H,1H3,(H,13,14). The van der Waals surface area contributed by atoms with Crippen molar-refractivity contribution in [3.05, 3.63) is 29.3 Å². The Balaban J connectivity index is 2.38. The molecule has 0 saturated carbocycles. The van der Waals surface area contributed by atoms with E-state index in [1.807, 2.05) is 0 Å². The molecule has 0 fully saturated rings. The van der Waals surface area contributed by atoms with Crippen molar-refractivity contribution in [1.29, 1.82) is 0 Å². The van der Waals surface area contributed by atoms with Crippen LogP contribution in [0.1, 0.15) is 9.80 Å². The highest BCUT2D eigenvalue weighted by Gasteiger charge is 2.12. The molecule has 6 heteroatoms. The third kappa shape index (κ3) is 2.01. The number of benzene rings is 1. The summed E-state index contributed by atoms with van der Waals surface area (Å²) in [6.07, 6.45) is 0. The summed E-state index contributed by atoms with van der Waals surface area (Å²) in [4.78, 5) is 14.6. The fourth-order valence-corrected chi connectivity index (χ4v) is 1.71. The first kappa shape index (κ1) is 10.6. The number of nitrogens with zero attached hydrogens (tertiary/aromatic N) is 2. The van der Waals surface area contributed by atoms with Crippen molar-refractivity contribution in [2.75, 3.05) is 7.11 Å². The van der Waals surface area contributed by atoms with E-state index in [-0.39, 0.29) is 5.01 Å². The van der Waals surface area contributed by atoms with Crippen LogP contribution >= 0.6 is 11.5 Å². The molecule has 0 radical (unpaired) electrons. The average molecular weight is 236 g/mol. The molecule has 0 spiro atoms. The highest BCUT2D eigenvalue weighted by Crippen LogP contribution is 2.22. The monoisotopic (exact) mass is 236 g/mol. The molecule has 16 heavy (non-hydrogen) atoms. The largest absolute Gasteiger partial charge is 0.497 e. The number of carbonyl (C=O) groups is 1. The lowest BCUT2D eigenvalue weighted by Crippen LogP contribution is -1.94. The summed E-state index contributed by atoms with van der Waals surface area (Å²) in [6, 6.07) is 7.16. The molecule has 1 heterocycles. The van der Waals surface area contributed by atoms with Gasteiger partial charge in [0.05, 0.1) is 7.11 Å². The molecule has 2 aromatic rings. The SMILES string of the molecule is COc1cccc(-c2nsc(C(=O)O)n2)c1. The van der Waals surface area contributed by atoms with Gasteiger partial charge in [-0.2, -0.15) is 4.37 Å². The van der Waals surface area contributed by atoms with E-state index < -0.39 is 5.97 Å². The van der Waals surface area contributed by atoms with E-state index in [1.54, 1.807) is 31.4 Å². The maximum absolute atomic E-state index is 10.7. The van der Waals surface area contributed by atoms with Gasteiger partial charge in [-0.25, -0.2) is 9.78 Å². The molecule has 0 bridgehead atoms. The van der Waals surface area contributed by atoms with Crippen LogP contribution in [0.3, 0.4) is 0 Å². The minimum absolute atomic E-state index is 0.0159. The van der Waals surface area contributed by atoms with Crippen LogP contribution in [-0.2, 0) is 0 Å². The molecular formula is C10H8N2O3S. The number of aromatic carboxylic acids is 1. The van der Waals surface area contributed by atoms with Crippen LogP contribution in [0.2, 0.25) is 0 Å². The molecule has 5 nitrogen and oxygen atoms in total. The van der Waals surface area contributed by atoms with Crippen molar-refractivity contribution < 1.29 is 14.6 Å². The predicted octanol–water partition coefficient (Wildman–Crippen LogP) is 1.91. The smallest absolute Gasteiger partial charge is 0.366 e. The molecule has 0 unspecified atom stereocenters. The second-order valence-corrected chi connectivity index (χ2v) is 3.71. The number of ether oxygens (including phenoxy) is 1. The van der Waals surface area contributed by atoms with Crippen LogP contribution in [-0.4, -0.2) is 27.5 Å². The highest BCUT2D eigenvalue weighted by molar-refractivity contribution is 7.07. The Morgan fingerprint density at radius 1 is 1.50 bits per heavy atom. The van der Waals surface area contributed by atoms with E-state index >= 15 is 0 Å². The maximum Gasteiger partial charge on any atom is 0.366 e. The van der Waals surface area contributed by atoms with E-state index in [4.69, 9.17) is 9.84 Å². The summed E-state index contributed by atoms with van der Waals surface area (Å²) in [5, 5.41) is 8.71. The third-order valence-electron chi connectivity index (χ3n) is 1.94. The van der Waals surface area contributed by atoms with Gasteiger partial charge in [-0.05, 0) is 23.7 Å². The minimum Gasteiger partial charge on any atom is -0.497 e. The molecule has 0 aliphatic carbocycles. The fourth-order valence-electron chi connectivity index (χ4n) is 1.19. The lowest BCUT2D eigenvalue weighted by atomic mass is 10.2. The molecule has 0 aliphatic rings. The van der Waals surface area contributed by atoms with Crippen molar-refractivity contribution in [1.82, 2.24) is 9.36 Å². The van der Waals surface area contributed by atoms with Gasteiger partial charge in [-0.1, -0.05) is 12.1 Å². The first-order valence-corrected chi connectivity index (χ1v) is 5.19. The lowest BCUT2D eigenvalue weighted by molar-refractivity contribution is 0.0696. The summed E-state index contributed by atoms with van der Waals surface area (Å²) in [6.45, 7) is 0. The topological polar surface area (TPSA) is 72.3 Å². The third-order valence-corrected chi connectivity index (χ3v) is 2.64. The van der Waals surface area contributed by atoms with Crippen molar-refractivity contribution >= 4 is 17.5 Å². The Bertz CT molecular complexity index is 524. The van der Waals surface area contributed by atoms with E-state index in [9.17, 15) is 4.79 Å². The average Bonchev–Trinajstić information content (AvgIpc) is 2.78. The Morgan fingerprint density at radius 3 is 2.94 bits per heavy atom. The molecule has 82 valence electrons. The lowest BCUT2D eigenvalue weighted by Gasteiger charge is -2.00. The number of hydrogen-bond donors (Lipinski definition) is 1. The molecule has 0 saturated heterocycles. The normalized spacial score (nSPS) is 10.1. The van der Waals surface area contributed by atoms with Gasteiger partial charge < -0.3 is 9.84 Å². The maximum atomic E-state index is 10.7. The predicted molar refractivity (Wildman–Crippen MR) is 58.9 cm³/mol. The van der Waals surface area contributed by atoms with Gasteiger partial charge >= 0.3 is 5.97 Å². The Labute approximate surface area is 95.5 Å². The van der Waals surface area contributed by atoms with E-state index in [1.165, 1.54) is 0 Å². The fraction of sp³-hybridized carbons (Fsp3) is 0.100. The van der Waals surface area contributed by atoms with Gasteiger partial charge in [0.1, 0.15) is 5.75 Å². The zero-order valence-electron chi connectivity index (χ0n) is 8.38. The summed E-state index contributed by atoms with van der Waals surface area (Å²) >= 11 is 0.864. The van der Waals surface area contributed by atoms with E-state index in [2.05, 4.69) is 9.36 Å². The van der Waals surface area contributed by atoms with Crippen LogP contribution in [0.4, 0.5) is 0 Å². The molecule has 2 rings (SSSR count). The molecule has 1 N–H and O–H groups in total. The van der Waals surface area contributed by atoms with Crippen molar-refractivity contribution in [3.63, 3.8) is 0 Å². The summed E-state index contributed by atoms with van der Waals surface area (Å²) in [7, 11) is 1.57. The number of methoxy groups -OCH3 is 1. The first-order chi connectivity index (χ1) is 7.70. The Hall–Kier alpha value is -1.95. The summed E-state index contributed by atoms with van der Waals surface area (Å²) in [5.41, 5.74) is 0.739. The number of hydrogen-bond acceptors (Lipinski definition) is 5. The Morgan fingerprint density at radius 2 is 2.31 bits per heavy atom. The highest BCUT2D eigenvalue weighted by atomic mass is 32.1. The van der Waals surface area contributed by atoms with Crippen LogP contribution in [0.5, 0.6) is 5.75 Å². The van der Waals surface area contributed by atoms with Gasteiger partial charge in [-0.3, -0.25) is 0 Å². The van der Waals surface area contributed by atoms with Gasteiger partial charge in [0.25, 0.3) is 0 Å². The first-order valence-electron chi connectivity index (χ1n) is 4.42. The van der Waals surface area contributed by atoms with Crippen LogP contribution < -0.4 is 4.74 Å². The van der Waals surface area contributed by atoms with Crippen molar-refractivity contribution in [3.8, 4) is 17.1 Å². The Kier molecular flexibility index (Phi) is 2.82.